The summed E-state index contributed by atoms with van der Waals surface area (Å²) in [6, 6.07) is 9.98. The first-order valence-electron chi connectivity index (χ1n) is 9.09. The molecule has 5 heteroatoms. The summed E-state index contributed by atoms with van der Waals surface area (Å²) < 4.78 is 2.57. The number of nitrogens with zero attached hydrogens (tertiary/aromatic N) is 2. The Hall–Kier alpha value is -0.930. The summed E-state index contributed by atoms with van der Waals surface area (Å²) >= 11 is 0. The van der Waals surface area contributed by atoms with Crippen molar-refractivity contribution in [3.8, 4) is 0 Å². The van der Waals surface area contributed by atoms with Crippen LogP contribution in [0.5, 0.6) is 0 Å². The molecule has 0 aromatic heterocycles. The van der Waals surface area contributed by atoms with Crippen molar-refractivity contribution in [1.82, 2.24) is 9.95 Å². The lowest BCUT2D eigenvalue weighted by Gasteiger charge is -2.44. The molecular weight excluding hydrogens is 280 g/mol. The average Bonchev–Trinajstić information content (AvgIpc) is 2.74. The van der Waals surface area contributed by atoms with Crippen LogP contribution in [0, 0.1) is 0 Å². The summed E-state index contributed by atoms with van der Waals surface area (Å²) in [4.78, 5) is 2.66. The topological polar surface area (TPSA) is 18.5 Å². The van der Waals surface area contributed by atoms with Crippen LogP contribution in [0.1, 0.15) is 46.6 Å². The van der Waals surface area contributed by atoms with Gasteiger partial charge in [0.15, 0.2) is 0 Å². The number of hydrogen-bond acceptors (Lipinski definition) is 3. The van der Waals surface area contributed by atoms with E-state index in [1.807, 2.05) is 7.05 Å². The Morgan fingerprint density at radius 2 is 1.87 bits per heavy atom. The van der Waals surface area contributed by atoms with Crippen molar-refractivity contribution >= 4 is 19.7 Å². The second kappa shape index (κ2) is 6.90. The lowest BCUT2D eigenvalue weighted by atomic mass is 9.59. The molecule has 0 fully saturated rings. The number of fused-ring (bicyclic) bond motifs is 1. The van der Waals surface area contributed by atoms with Gasteiger partial charge in [0, 0.05) is 17.1 Å². The van der Waals surface area contributed by atoms with E-state index in [1.165, 1.54) is 11.3 Å². The highest BCUT2D eigenvalue weighted by molar-refractivity contribution is 6.72. The zero-order valence-corrected chi connectivity index (χ0v) is 16.2. The molecule has 1 aliphatic rings. The average molecular weight is 313 g/mol. The molecule has 1 atom stereocenters. The standard InChI is InChI=1S/C18H33B2N3/c1-9-17-18(4,5)15-12-10-11-13-16(15)22(17)20(7)23(14(2)3)19(6)21-8/h10-14,17,21H,9H2,1-8H3. The summed E-state index contributed by atoms with van der Waals surface area (Å²) in [7, 11) is 2.05. The molecule has 0 saturated carbocycles. The van der Waals surface area contributed by atoms with Crippen LogP contribution in [-0.4, -0.2) is 37.8 Å². The smallest absolute Gasteiger partial charge is 0.329 e. The van der Waals surface area contributed by atoms with Crippen LogP contribution in [0.3, 0.4) is 0 Å². The maximum Gasteiger partial charge on any atom is 0.329 e. The predicted octanol–water partition coefficient (Wildman–Crippen LogP) is 3.73. The Labute approximate surface area is 144 Å². The van der Waals surface area contributed by atoms with E-state index in [9.17, 15) is 0 Å². The van der Waals surface area contributed by atoms with Crippen LogP contribution in [0.4, 0.5) is 5.69 Å². The monoisotopic (exact) mass is 313 g/mol. The first kappa shape index (κ1) is 18.4. The fourth-order valence-electron chi connectivity index (χ4n) is 4.60. The van der Waals surface area contributed by atoms with Gasteiger partial charge >= 0.3 is 6.98 Å². The van der Waals surface area contributed by atoms with Gasteiger partial charge in [-0.15, -0.1) is 0 Å². The molecule has 1 aromatic carbocycles. The van der Waals surface area contributed by atoms with Crippen molar-refractivity contribution in [2.75, 3.05) is 11.9 Å². The van der Waals surface area contributed by atoms with Crippen LogP contribution in [0.2, 0.25) is 13.6 Å². The fourth-order valence-corrected chi connectivity index (χ4v) is 4.60. The number of nitrogens with one attached hydrogen (secondary N) is 1. The molecule has 1 aromatic rings. The molecule has 0 radical (unpaired) electrons. The largest absolute Gasteiger partial charge is 0.398 e. The van der Waals surface area contributed by atoms with E-state index in [1.54, 1.807) is 0 Å². The van der Waals surface area contributed by atoms with E-state index in [0.29, 0.717) is 26.0 Å². The highest BCUT2D eigenvalue weighted by Crippen LogP contribution is 2.46. The number of para-hydroxylation sites is 1. The molecule has 1 aliphatic heterocycles. The van der Waals surface area contributed by atoms with Gasteiger partial charge in [0.05, 0.1) is 0 Å². The second-order valence-corrected chi connectivity index (χ2v) is 7.71. The molecule has 1 unspecified atom stereocenters. The van der Waals surface area contributed by atoms with Crippen LogP contribution in [-0.2, 0) is 5.41 Å². The van der Waals surface area contributed by atoms with Gasteiger partial charge in [-0.2, -0.15) is 0 Å². The number of benzene rings is 1. The summed E-state index contributed by atoms with van der Waals surface area (Å²) in [6.07, 6.45) is 1.16. The third-order valence-electron chi connectivity index (χ3n) is 5.73. The quantitative estimate of drug-likeness (QED) is 0.807. The first-order chi connectivity index (χ1) is 10.8. The van der Waals surface area contributed by atoms with Crippen LogP contribution >= 0.6 is 0 Å². The molecule has 0 bridgehead atoms. The van der Waals surface area contributed by atoms with E-state index in [2.05, 4.69) is 87.3 Å². The van der Waals surface area contributed by atoms with E-state index < -0.39 is 0 Å². The maximum atomic E-state index is 3.43. The lowest BCUT2D eigenvalue weighted by molar-refractivity contribution is 0.420. The number of anilines is 1. The number of hydrogen-bond donors (Lipinski definition) is 1. The van der Waals surface area contributed by atoms with Crippen molar-refractivity contribution in [3.63, 3.8) is 0 Å². The van der Waals surface area contributed by atoms with Crippen LogP contribution in [0.25, 0.3) is 0 Å². The maximum absolute atomic E-state index is 3.43. The summed E-state index contributed by atoms with van der Waals surface area (Å²) in [5.74, 6) is 0. The van der Waals surface area contributed by atoms with Gasteiger partial charge in [-0.3, -0.25) is 0 Å². The van der Waals surface area contributed by atoms with Crippen molar-refractivity contribution in [2.45, 2.75) is 72.2 Å². The van der Waals surface area contributed by atoms with E-state index in [4.69, 9.17) is 0 Å². The predicted molar refractivity (Wildman–Crippen MR) is 105 cm³/mol. The normalized spacial score (nSPS) is 19.4. The van der Waals surface area contributed by atoms with E-state index in [0.717, 1.165) is 6.42 Å². The van der Waals surface area contributed by atoms with Crippen molar-refractivity contribution < 1.29 is 0 Å². The second-order valence-electron chi connectivity index (χ2n) is 7.71. The molecule has 0 amide bonds. The molecule has 126 valence electrons. The molecule has 23 heavy (non-hydrogen) atoms. The third-order valence-corrected chi connectivity index (χ3v) is 5.73. The Morgan fingerprint density at radius 3 is 2.39 bits per heavy atom. The minimum Gasteiger partial charge on any atom is -0.398 e. The van der Waals surface area contributed by atoms with Crippen molar-refractivity contribution in [1.29, 1.82) is 0 Å². The van der Waals surface area contributed by atoms with E-state index >= 15 is 0 Å². The molecule has 0 aliphatic carbocycles. The zero-order valence-electron chi connectivity index (χ0n) is 16.2. The minimum atomic E-state index is 0.186. The lowest BCUT2D eigenvalue weighted by Crippen LogP contribution is -2.64. The summed E-state index contributed by atoms with van der Waals surface area (Å²) in [6.45, 7) is 17.0. The van der Waals surface area contributed by atoms with Crippen molar-refractivity contribution in [3.05, 3.63) is 29.8 Å². The fraction of sp³-hybridized carbons (Fsp3) is 0.667. The Morgan fingerprint density at radius 1 is 1.26 bits per heavy atom. The zero-order chi connectivity index (χ0) is 17.4. The minimum absolute atomic E-state index is 0.186. The van der Waals surface area contributed by atoms with Gasteiger partial charge in [0.1, 0.15) is 0 Å². The van der Waals surface area contributed by atoms with Gasteiger partial charge in [0.2, 0.25) is 0 Å². The first-order valence-corrected chi connectivity index (χ1v) is 9.09. The summed E-state index contributed by atoms with van der Waals surface area (Å²) in [5.41, 5.74) is 3.08. The SMILES string of the molecule is CCC1N(B(C)N(B(C)NC)C(C)C)c2ccccc2C1(C)C. The van der Waals surface area contributed by atoms with Gasteiger partial charge < -0.3 is 14.8 Å². The highest BCUT2D eigenvalue weighted by Gasteiger charge is 2.47. The molecule has 0 saturated heterocycles. The Bertz CT molecular complexity index is 533. The van der Waals surface area contributed by atoms with Gasteiger partial charge in [0.25, 0.3) is 6.98 Å². The molecule has 1 heterocycles. The Kier molecular flexibility index (Phi) is 5.52. The third kappa shape index (κ3) is 3.06. The summed E-state index contributed by atoms with van der Waals surface area (Å²) in [5, 5.41) is 3.43. The van der Waals surface area contributed by atoms with Gasteiger partial charge in [-0.05, 0) is 31.1 Å². The number of rotatable bonds is 6. The highest BCUT2D eigenvalue weighted by atomic mass is 15.3. The Balaban J connectivity index is 2.47. The van der Waals surface area contributed by atoms with Crippen LogP contribution < -0.4 is 10.0 Å². The molecule has 2 rings (SSSR count). The molecule has 1 N–H and O–H groups in total. The molecular formula is C18H33B2N3. The van der Waals surface area contributed by atoms with Crippen LogP contribution in [0.15, 0.2) is 24.3 Å². The van der Waals surface area contributed by atoms with Gasteiger partial charge in [-0.25, -0.2) is 0 Å². The van der Waals surface area contributed by atoms with E-state index in [-0.39, 0.29) is 5.41 Å². The molecule has 0 spiro atoms. The van der Waals surface area contributed by atoms with Crippen molar-refractivity contribution in [2.24, 2.45) is 0 Å². The van der Waals surface area contributed by atoms with Gasteiger partial charge in [-0.1, -0.05) is 66.5 Å². The molecule has 3 nitrogen and oxygen atoms in total.